The van der Waals surface area contributed by atoms with Crippen molar-refractivity contribution in [3.63, 3.8) is 0 Å². The summed E-state index contributed by atoms with van der Waals surface area (Å²) in [6.07, 6.45) is 1.40. The number of nitrogens with two attached hydrogens (primary N) is 1. The minimum Gasteiger partial charge on any atom is -0.415 e. The maximum Gasteiger partial charge on any atom is 0.177 e. The molecule has 0 saturated carbocycles. The first kappa shape index (κ1) is 7.24. The van der Waals surface area contributed by atoms with Crippen LogP contribution in [-0.4, -0.2) is 18.4 Å². The number of ketones is 1. The number of hydrogen-bond donors (Lipinski definition) is 2. The van der Waals surface area contributed by atoms with Crippen LogP contribution in [-0.2, 0) is 9.63 Å². The van der Waals surface area contributed by atoms with Gasteiger partial charge in [0.15, 0.2) is 5.78 Å². The quantitative estimate of drug-likeness (QED) is 0.536. The molecule has 4 heteroatoms. The lowest BCUT2D eigenvalue weighted by molar-refractivity contribution is -0.114. The number of Topliss-reactive ketones (excluding diaryl/α,β-unsaturated/α-hetero) is 1. The molecule has 0 radical (unpaired) electrons. The lowest BCUT2D eigenvalue weighted by Gasteiger charge is -2.02. The molecule has 10 heavy (non-hydrogen) atoms. The zero-order valence-corrected chi connectivity index (χ0v) is 5.76. The molecule has 0 spiro atoms. The Morgan fingerprint density at radius 1 is 2.00 bits per heavy atom. The highest BCUT2D eigenvalue weighted by Gasteiger charge is 2.20. The van der Waals surface area contributed by atoms with Crippen LogP contribution in [0.15, 0.2) is 11.8 Å². The van der Waals surface area contributed by atoms with Crippen LogP contribution in [0.2, 0.25) is 0 Å². The molecular weight excluding hydrogens is 132 g/mol. The van der Waals surface area contributed by atoms with Gasteiger partial charge >= 0.3 is 0 Å². The van der Waals surface area contributed by atoms with Crippen molar-refractivity contribution in [3.8, 4) is 0 Å². The Labute approximate surface area is 59.0 Å². The van der Waals surface area contributed by atoms with E-state index in [0.29, 0.717) is 5.57 Å². The maximum atomic E-state index is 10.9. The van der Waals surface area contributed by atoms with E-state index in [0.717, 1.165) is 0 Å². The van der Waals surface area contributed by atoms with Crippen molar-refractivity contribution in [1.82, 2.24) is 5.48 Å². The maximum absolute atomic E-state index is 10.9. The molecule has 0 aliphatic carbocycles. The Kier molecular flexibility index (Phi) is 2.03. The van der Waals surface area contributed by atoms with Gasteiger partial charge in [-0.1, -0.05) is 0 Å². The number of carbonyl (C=O) groups is 1. The average Bonchev–Trinajstić information content (AvgIpc) is 2.34. The molecule has 1 aliphatic rings. The molecule has 0 aromatic heterocycles. The summed E-state index contributed by atoms with van der Waals surface area (Å²) in [5, 5.41) is 0. The molecule has 56 valence electrons. The van der Waals surface area contributed by atoms with Gasteiger partial charge in [-0.3, -0.25) is 4.79 Å². The van der Waals surface area contributed by atoms with Gasteiger partial charge in [-0.15, -0.1) is 0 Å². The van der Waals surface area contributed by atoms with E-state index in [4.69, 9.17) is 10.6 Å². The highest BCUT2D eigenvalue weighted by molar-refractivity contribution is 5.97. The summed E-state index contributed by atoms with van der Waals surface area (Å²) >= 11 is 0. The van der Waals surface area contributed by atoms with Crippen molar-refractivity contribution in [2.45, 2.75) is 13.0 Å². The van der Waals surface area contributed by atoms with Crippen molar-refractivity contribution in [2.75, 3.05) is 6.54 Å². The fourth-order valence-electron chi connectivity index (χ4n) is 0.790. The van der Waals surface area contributed by atoms with E-state index < -0.39 is 0 Å². The van der Waals surface area contributed by atoms with Crippen LogP contribution in [0.5, 0.6) is 0 Å². The Morgan fingerprint density at radius 3 is 3.10 bits per heavy atom. The summed E-state index contributed by atoms with van der Waals surface area (Å²) in [4.78, 5) is 15.6. The summed E-state index contributed by atoms with van der Waals surface area (Å²) in [5.41, 5.74) is 8.37. The molecule has 4 nitrogen and oxygen atoms in total. The van der Waals surface area contributed by atoms with Crippen LogP contribution >= 0.6 is 0 Å². The van der Waals surface area contributed by atoms with E-state index in [9.17, 15) is 4.79 Å². The second kappa shape index (κ2) is 2.81. The van der Waals surface area contributed by atoms with Crippen LogP contribution < -0.4 is 11.2 Å². The van der Waals surface area contributed by atoms with Crippen molar-refractivity contribution < 1.29 is 9.63 Å². The molecule has 0 aromatic rings. The molecule has 1 rings (SSSR count). The lowest BCUT2D eigenvalue weighted by Crippen LogP contribution is -2.26. The summed E-state index contributed by atoms with van der Waals surface area (Å²) in [5.74, 6) is -0.0718. The fourth-order valence-corrected chi connectivity index (χ4v) is 0.790. The minimum absolute atomic E-state index is 0.0314. The van der Waals surface area contributed by atoms with E-state index in [1.165, 1.54) is 6.26 Å². The van der Waals surface area contributed by atoms with Crippen LogP contribution in [0.3, 0.4) is 0 Å². The summed E-state index contributed by atoms with van der Waals surface area (Å²) < 4.78 is 0. The van der Waals surface area contributed by atoms with Gasteiger partial charge in [0.2, 0.25) is 0 Å². The van der Waals surface area contributed by atoms with Crippen LogP contribution in [0.25, 0.3) is 0 Å². The normalized spacial score (nSPS) is 23.8. The monoisotopic (exact) mass is 142 g/mol. The Balaban J connectivity index is 2.63. The van der Waals surface area contributed by atoms with Gasteiger partial charge in [0.25, 0.3) is 0 Å². The number of hydrogen-bond acceptors (Lipinski definition) is 4. The van der Waals surface area contributed by atoms with Gasteiger partial charge in [0, 0.05) is 0 Å². The van der Waals surface area contributed by atoms with Gasteiger partial charge in [-0.05, 0) is 6.92 Å². The summed E-state index contributed by atoms with van der Waals surface area (Å²) in [7, 11) is 0. The highest BCUT2D eigenvalue weighted by atomic mass is 16.6. The molecule has 1 atom stereocenters. The molecule has 1 unspecified atom stereocenters. The third kappa shape index (κ3) is 1.17. The zero-order valence-electron chi connectivity index (χ0n) is 5.76. The minimum atomic E-state index is -0.0718. The van der Waals surface area contributed by atoms with Crippen molar-refractivity contribution >= 4 is 5.78 Å². The van der Waals surface area contributed by atoms with Gasteiger partial charge in [0.05, 0.1) is 18.2 Å². The predicted octanol–water partition coefficient (Wildman–Crippen LogP) is -0.679. The molecule has 0 aromatic carbocycles. The van der Waals surface area contributed by atoms with E-state index in [1.54, 1.807) is 0 Å². The topological polar surface area (TPSA) is 64.3 Å². The molecule has 1 aliphatic heterocycles. The van der Waals surface area contributed by atoms with Crippen LogP contribution in [0, 0.1) is 0 Å². The Morgan fingerprint density at radius 2 is 2.70 bits per heavy atom. The van der Waals surface area contributed by atoms with Crippen molar-refractivity contribution in [1.29, 1.82) is 0 Å². The second-order valence-electron chi connectivity index (χ2n) is 2.16. The predicted molar refractivity (Wildman–Crippen MR) is 35.8 cm³/mol. The first-order valence-corrected chi connectivity index (χ1v) is 3.10. The van der Waals surface area contributed by atoms with Gasteiger partial charge < -0.3 is 10.6 Å². The van der Waals surface area contributed by atoms with Crippen molar-refractivity contribution in [3.05, 3.63) is 11.8 Å². The average molecular weight is 142 g/mol. The molecule has 0 bridgehead atoms. The first-order chi connectivity index (χ1) is 4.75. The standard InChI is InChI=1S/C6H10N2O2/c1-4-5(3-10-8-4)6(9)2-7/h3-4,8H,2,7H2,1H3. The molecule has 0 saturated heterocycles. The molecule has 0 amide bonds. The van der Waals surface area contributed by atoms with Crippen LogP contribution in [0.1, 0.15) is 6.92 Å². The van der Waals surface area contributed by atoms with E-state index in [-0.39, 0.29) is 18.4 Å². The van der Waals surface area contributed by atoms with E-state index in [1.807, 2.05) is 6.92 Å². The molecule has 0 fully saturated rings. The highest BCUT2D eigenvalue weighted by Crippen LogP contribution is 2.08. The second-order valence-corrected chi connectivity index (χ2v) is 2.16. The third-order valence-electron chi connectivity index (χ3n) is 1.40. The van der Waals surface area contributed by atoms with Gasteiger partial charge in [0.1, 0.15) is 6.26 Å². The molecule has 1 heterocycles. The van der Waals surface area contributed by atoms with Crippen LogP contribution in [0.4, 0.5) is 0 Å². The molecule has 3 N–H and O–H groups in total. The number of hydroxylamine groups is 1. The summed E-state index contributed by atoms with van der Waals surface area (Å²) in [6, 6.07) is -0.0314. The zero-order chi connectivity index (χ0) is 7.56. The Hall–Kier alpha value is -0.870. The van der Waals surface area contributed by atoms with E-state index >= 15 is 0 Å². The number of nitrogens with one attached hydrogen (secondary N) is 1. The largest absolute Gasteiger partial charge is 0.415 e. The third-order valence-corrected chi connectivity index (χ3v) is 1.40. The lowest BCUT2D eigenvalue weighted by atomic mass is 10.1. The van der Waals surface area contributed by atoms with Gasteiger partial charge in [-0.25, -0.2) is 0 Å². The van der Waals surface area contributed by atoms with Gasteiger partial charge in [-0.2, -0.15) is 5.48 Å². The van der Waals surface area contributed by atoms with E-state index in [2.05, 4.69) is 5.48 Å². The first-order valence-electron chi connectivity index (χ1n) is 3.10. The molecular formula is C6H10N2O2. The number of carbonyl (C=O) groups excluding carboxylic acids is 1. The Bertz CT molecular complexity index is 177. The van der Waals surface area contributed by atoms with Crippen molar-refractivity contribution in [2.24, 2.45) is 5.73 Å². The summed E-state index contributed by atoms with van der Waals surface area (Å²) in [6.45, 7) is 1.88. The number of rotatable bonds is 2. The SMILES string of the molecule is CC1NOC=C1C(=O)CN. The smallest absolute Gasteiger partial charge is 0.177 e. The fraction of sp³-hybridized carbons (Fsp3) is 0.500.